The molecule has 5 nitrogen and oxygen atoms in total. The topological polar surface area (TPSA) is 48.5 Å². The van der Waals surface area contributed by atoms with Gasteiger partial charge in [-0.25, -0.2) is 4.98 Å². The molecule has 25 heavy (non-hydrogen) atoms. The minimum atomic E-state index is -0.193. The smallest absolute Gasteiger partial charge is 0.251 e. The zero-order valence-corrected chi connectivity index (χ0v) is 15.5. The largest absolute Gasteiger partial charge is 0.354 e. The van der Waals surface area contributed by atoms with Crippen LogP contribution in [0.15, 0.2) is 36.5 Å². The third-order valence-electron chi connectivity index (χ3n) is 4.27. The zero-order valence-electron chi connectivity index (χ0n) is 14.0. The second-order valence-corrected chi connectivity index (χ2v) is 6.94. The number of piperazine rings is 1. The lowest BCUT2D eigenvalue weighted by molar-refractivity contribution is 0.0951. The van der Waals surface area contributed by atoms with Crippen LogP contribution < -0.4 is 10.2 Å². The maximum Gasteiger partial charge on any atom is 0.251 e. The molecule has 7 heteroatoms. The van der Waals surface area contributed by atoms with Gasteiger partial charge in [0.05, 0.1) is 10.0 Å². The summed E-state index contributed by atoms with van der Waals surface area (Å²) in [7, 11) is 2.13. The minimum Gasteiger partial charge on any atom is -0.354 e. The fraction of sp³-hybridized carbons (Fsp3) is 0.333. The molecule has 0 atom stereocenters. The van der Waals surface area contributed by atoms with E-state index in [1.165, 1.54) is 0 Å². The van der Waals surface area contributed by atoms with Crippen LogP contribution in [0.2, 0.25) is 10.0 Å². The molecule has 0 saturated carbocycles. The van der Waals surface area contributed by atoms with Crippen molar-refractivity contribution in [2.45, 2.75) is 6.54 Å². The molecule has 2 aromatic rings. The number of aromatic nitrogens is 1. The average molecular weight is 379 g/mol. The van der Waals surface area contributed by atoms with Crippen molar-refractivity contribution in [1.82, 2.24) is 15.2 Å². The Balaban J connectivity index is 1.56. The van der Waals surface area contributed by atoms with Gasteiger partial charge in [0.15, 0.2) is 0 Å². The van der Waals surface area contributed by atoms with Gasteiger partial charge in [-0.15, -0.1) is 0 Å². The summed E-state index contributed by atoms with van der Waals surface area (Å²) in [6.45, 7) is 4.47. The lowest BCUT2D eigenvalue weighted by Crippen LogP contribution is -2.44. The van der Waals surface area contributed by atoms with Crippen LogP contribution in [0.3, 0.4) is 0 Å². The van der Waals surface area contributed by atoms with Crippen molar-refractivity contribution in [2.24, 2.45) is 0 Å². The van der Waals surface area contributed by atoms with E-state index in [-0.39, 0.29) is 5.91 Å². The molecule has 3 rings (SSSR count). The SMILES string of the molecule is CN1CCN(c2ccc(CNC(=O)c3ccc(Cl)c(Cl)c3)cn2)CC1. The van der Waals surface area contributed by atoms with Crippen molar-refractivity contribution in [3.05, 3.63) is 57.7 Å². The Bertz CT molecular complexity index is 743. The van der Waals surface area contributed by atoms with Crippen LogP contribution in [0.1, 0.15) is 15.9 Å². The van der Waals surface area contributed by atoms with Crippen molar-refractivity contribution in [1.29, 1.82) is 0 Å². The first-order chi connectivity index (χ1) is 12.0. The molecule has 1 aromatic heterocycles. The van der Waals surface area contributed by atoms with Gasteiger partial charge < -0.3 is 15.1 Å². The van der Waals surface area contributed by atoms with Crippen LogP contribution in [-0.2, 0) is 6.54 Å². The lowest BCUT2D eigenvalue weighted by Gasteiger charge is -2.33. The molecule has 1 amide bonds. The van der Waals surface area contributed by atoms with E-state index in [1.807, 2.05) is 18.3 Å². The fourth-order valence-electron chi connectivity index (χ4n) is 2.67. The summed E-state index contributed by atoms with van der Waals surface area (Å²) in [5.41, 5.74) is 1.43. The highest BCUT2D eigenvalue weighted by atomic mass is 35.5. The number of likely N-dealkylation sites (N-methyl/N-ethyl adjacent to an activating group) is 1. The van der Waals surface area contributed by atoms with E-state index in [0.29, 0.717) is 22.2 Å². The summed E-state index contributed by atoms with van der Waals surface area (Å²) in [6, 6.07) is 8.83. The molecule has 1 aliphatic rings. The number of carbonyl (C=O) groups excluding carboxylic acids is 1. The molecule has 132 valence electrons. The monoisotopic (exact) mass is 378 g/mol. The maximum atomic E-state index is 12.2. The van der Waals surface area contributed by atoms with Gasteiger partial charge in [-0.1, -0.05) is 29.3 Å². The first kappa shape index (κ1) is 18.0. The molecular formula is C18H20Cl2N4O. The first-order valence-corrected chi connectivity index (χ1v) is 8.90. The van der Waals surface area contributed by atoms with Crippen molar-refractivity contribution < 1.29 is 4.79 Å². The number of pyridine rings is 1. The van der Waals surface area contributed by atoms with E-state index in [9.17, 15) is 4.79 Å². The first-order valence-electron chi connectivity index (χ1n) is 8.14. The van der Waals surface area contributed by atoms with Gasteiger partial charge in [-0.2, -0.15) is 0 Å². The van der Waals surface area contributed by atoms with Gasteiger partial charge in [0.2, 0.25) is 0 Å². The number of nitrogens with zero attached hydrogens (tertiary/aromatic N) is 3. The molecule has 1 fully saturated rings. The summed E-state index contributed by atoms with van der Waals surface area (Å²) in [6.07, 6.45) is 1.81. The van der Waals surface area contributed by atoms with Crippen LogP contribution >= 0.6 is 23.2 Å². The Labute approximate surface area is 157 Å². The number of amides is 1. The molecule has 0 bridgehead atoms. The van der Waals surface area contributed by atoms with E-state index in [1.54, 1.807) is 18.2 Å². The Kier molecular flexibility index (Phi) is 5.78. The molecule has 1 aliphatic heterocycles. The van der Waals surface area contributed by atoms with Gasteiger partial charge in [-0.3, -0.25) is 4.79 Å². The molecule has 2 heterocycles. The Hall–Kier alpha value is -1.82. The van der Waals surface area contributed by atoms with Crippen molar-refractivity contribution in [3.8, 4) is 0 Å². The number of halogens is 2. The van der Waals surface area contributed by atoms with Crippen molar-refractivity contribution in [2.75, 3.05) is 38.1 Å². The predicted octanol–water partition coefficient (Wildman–Crippen LogP) is 3.07. The summed E-state index contributed by atoms with van der Waals surface area (Å²) in [4.78, 5) is 21.3. The number of anilines is 1. The maximum absolute atomic E-state index is 12.2. The molecule has 0 aliphatic carbocycles. The van der Waals surface area contributed by atoms with Crippen LogP contribution in [0.4, 0.5) is 5.82 Å². The molecule has 0 radical (unpaired) electrons. The number of rotatable bonds is 4. The van der Waals surface area contributed by atoms with Gasteiger partial charge in [-0.05, 0) is 36.9 Å². The normalized spacial score (nSPS) is 15.2. The second kappa shape index (κ2) is 8.04. The van der Waals surface area contributed by atoms with Crippen LogP contribution in [-0.4, -0.2) is 49.0 Å². The minimum absolute atomic E-state index is 0.193. The van der Waals surface area contributed by atoms with E-state index >= 15 is 0 Å². The highest BCUT2D eigenvalue weighted by Gasteiger charge is 2.15. The number of hydrogen-bond donors (Lipinski definition) is 1. The Morgan fingerprint density at radius 3 is 2.52 bits per heavy atom. The second-order valence-electron chi connectivity index (χ2n) is 6.13. The average Bonchev–Trinajstić information content (AvgIpc) is 2.63. The Morgan fingerprint density at radius 1 is 1.12 bits per heavy atom. The zero-order chi connectivity index (χ0) is 17.8. The van der Waals surface area contributed by atoms with Gasteiger partial charge >= 0.3 is 0 Å². The molecule has 1 aromatic carbocycles. The summed E-state index contributed by atoms with van der Waals surface area (Å²) < 4.78 is 0. The van der Waals surface area contributed by atoms with Crippen LogP contribution in [0.5, 0.6) is 0 Å². The third kappa shape index (κ3) is 4.63. The molecular weight excluding hydrogens is 359 g/mol. The molecule has 1 N–H and O–H groups in total. The van der Waals surface area contributed by atoms with E-state index in [4.69, 9.17) is 23.2 Å². The highest BCUT2D eigenvalue weighted by Crippen LogP contribution is 2.22. The molecule has 0 unspecified atom stereocenters. The fourth-order valence-corrected chi connectivity index (χ4v) is 2.96. The van der Waals surface area contributed by atoms with Crippen LogP contribution in [0.25, 0.3) is 0 Å². The summed E-state index contributed by atoms with van der Waals surface area (Å²) in [5, 5.41) is 3.67. The lowest BCUT2D eigenvalue weighted by atomic mass is 10.2. The van der Waals surface area contributed by atoms with Gasteiger partial charge in [0.25, 0.3) is 5.91 Å². The number of carbonyl (C=O) groups is 1. The number of benzene rings is 1. The van der Waals surface area contributed by atoms with Crippen molar-refractivity contribution in [3.63, 3.8) is 0 Å². The number of nitrogens with one attached hydrogen (secondary N) is 1. The third-order valence-corrected chi connectivity index (χ3v) is 5.01. The quantitative estimate of drug-likeness (QED) is 0.887. The number of hydrogen-bond acceptors (Lipinski definition) is 4. The van der Waals surface area contributed by atoms with Crippen LogP contribution in [0, 0.1) is 0 Å². The Morgan fingerprint density at radius 2 is 1.88 bits per heavy atom. The summed E-state index contributed by atoms with van der Waals surface area (Å²) >= 11 is 11.8. The highest BCUT2D eigenvalue weighted by molar-refractivity contribution is 6.42. The van der Waals surface area contributed by atoms with E-state index < -0.39 is 0 Å². The summed E-state index contributed by atoms with van der Waals surface area (Å²) in [5.74, 6) is 0.786. The van der Waals surface area contributed by atoms with Gasteiger partial charge in [0, 0.05) is 44.5 Å². The van der Waals surface area contributed by atoms with Crippen molar-refractivity contribution >= 4 is 34.9 Å². The van der Waals surface area contributed by atoms with E-state index in [0.717, 1.165) is 37.6 Å². The predicted molar refractivity (Wildman–Crippen MR) is 102 cm³/mol. The molecule has 1 saturated heterocycles. The van der Waals surface area contributed by atoms with E-state index in [2.05, 4.69) is 27.1 Å². The van der Waals surface area contributed by atoms with Gasteiger partial charge in [0.1, 0.15) is 5.82 Å². The molecule has 0 spiro atoms. The standard InChI is InChI=1S/C18H20Cl2N4O/c1-23-6-8-24(9-7-23)17-5-2-13(11-21-17)12-22-18(25)14-3-4-15(19)16(20)10-14/h2-5,10-11H,6-9,12H2,1H3,(H,22,25).